The van der Waals surface area contributed by atoms with Crippen molar-refractivity contribution in [3.05, 3.63) is 22.7 Å². The summed E-state index contributed by atoms with van der Waals surface area (Å²) in [5.41, 5.74) is 0.664. The first-order valence-electron chi connectivity index (χ1n) is 5.46. The highest BCUT2D eigenvalue weighted by molar-refractivity contribution is 9.10. The van der Waals surface area contributed by atoms with Crippen LogP contribution in [0.15, 0.2) is 22.7 Å². The smallest absolute Gasteiger partial charge is 0.319 e. The maximum atomic E-state index is 11.7. The first-order chi connectivity index (χ1) is 8.56. The Balaban J connectivity index is 2.59. The van der Waals surface area contributed by atoms with Crippen LogP contribution < -0.4 is 15.4 Å². The molecule has 0 aliphatic carbocycles. The van der Waals surface area contributed by atoms with E-state index in [4.69, 9.17) is 9.47 Å². The first-order valence-corrected chi connectivity index (χ1v) is 6.26. The van der Waals surface area contributed by atoms with E-state index in [-0.39, 0.29) is 12.1 Å². The largest absolute Gasteiger partial charge is 0.495 e. The molecule has 1 aromatic carbocycles. The Morgan fingerprint density at radius 3 is 2.78 bits per heavy atom. The predicted octanol–water partition coefficient (Wildman–Crippen LogP) is 2.61. The normalized spacial score (nSPS) is 11.8. The Morgan fingerprint density at radius 1 is 1.44 bits per heavy atom. The highest BCUT2D eigenvalue weighted by atomic mass is 79.9. The highest BCUT2D eigenvalue weighted by Crippen LogP contribution is 2.27. The van der Waals surface area contributed by atoms with Crippen LogP contribution in [0.25, 0.3) is 0 Å². The van der Waals surface area contributed by atoms with Gasteiger partial charge in [0.2, 0.25) is 0 Å². The summed E-state index contributed by atoms with van der Waals surface area (Å²) in [7, 11) is 3.17. The maximum Gasteiger partial charge on any atom is 0.319 e. The minimum atomic E-state index is -0.274. The molecule has 100 valence electrons. The molecule has 1 rings (SSSR count). The third-order valence-corrected chi connectivity index (χ3v) is 2.86. The van der Waals surface area contributed by atoms with E-state index in [1.165, 1.54) is 0 Å². The number of rotatable bonds is 5. The first kappa shape index (κ1) is 14.8. The van der Waals surface area contributed by atoms with Crippen LogP contribution in [0.2, 0.25) is 0 Å². The van der Waals surface area contributed by atoms with Crippen molar-refractivity contribution in [1.29, 1.82) is 0 Å². The van der Waals surface area contributed by atoms with E-state index < -0.39 is 0 Å². The van der Waals surface area contributed by atoms with Gasteiger partial charge >= 0.3 is 6.03 Å². The predicted molar refractivity (Wildman–Crippen MR) is 74.2 cm³/mol. The van der Waals surface area contributed by atoms with E-state index >= 15 is 0 Å². The van der Waals surface area contributed by atoms with Gasteiger partial charge in [-0.25, -0.2) is 4.79 Å². The lowest BCUT2D eigenvalue weighted by molar-refractivity contribution is 0.173. The topological polar surface area (TPSA) is 59.6 Å². The van der Waals surface area contributed by atoms with E-state index in [2.05, 4.69) is 26.6 Å². The number of hydrogen-bond donors (Lipinski definition) is 2. The number of halogens is 1. The van der Waals surface area contributed by atoms with Crippen LogP contribution in [0.5, 0.6) is 5.75 Å². The standard InChI is InChI=1S/C12H17BrN2O3/c1-8(7-17-2)14-12(16)15-9-4-5-10(13)11(6-9)18-3/h4-6,8H,7H2,1-3H3,(H2,14,15,16). The lowest BCUT2D eigenvalue weighted by atomic mass is 10.3. The van der Waals surface area contributed by atoms with E-state index in [0.29, 0.717) is 18.0 Å². The average molecular weight is 317 g/mol. The van der Waals surface area contributed by atoms with Crippen LogP contribution in [0.3, 0.4) is 0 Å². The second-order valence-corrected chi connectivity index (χ2v) is 4.66. The number of hydrogen-bond acceptors (Lipinski definition) is 3. The van der Waals surface area contributed by atoms with Gasteiger partial charge < -0.3 is 20.1 Å². The van der Waals surface area contributed by atoms with Crippen molar-refractivity contribution >= 4 is 27.6 Å². The zero-order chi connectivity index (χ0) is 13.5. The van der Waals surface area contributed by atoms with Crippen LogP contribution in [0.1, 0.15) is 6.92 Å². The van der Waals surface area contributed by atoms with Crippen molar-refractivity contribution in [2.45, 2.75) is 13.0 Å². The Hall–Kier alpha value is -1.27. The summed E-state index contributed by atoms with van der Waals surface area (Å²) >= 11 is 3.35. The summed E-state index contributed by atoms with van der Waals surface area (Å²) < 4.78 is 10.9. The molecule has 1 unspecified atom stereocenters. The van der Waals surface area contributed by atoms with Crippen LogP contribution in [-0.4, -0.2) is 32.9 Å². The molecule has 0 spiro atoms. The van der Waals surface area contributed by atoms with Crippen molar-refractivity contribution in [3.8, 4) is 5.75 Å². The van der Waals surface area contributed by atoms with Gasteiger partial charge in [0, 0.05) is 18.9 Å². The quantitative estimate of drug-likeness (QED) is 0.878. The summed E-state index contributed by atoms with van der Waals surface area (Å²) in [5.74, 6) is 0.665. The molecule has 2 N–H and O–H groups in total. The molecule has 0 saturated carbocycles. The molecule has 5 nitrogen and oxygen atoms in total. The van der Waals surface area contributed by atoms with E-state index in [0.717, 1.165) is 4.47 Å². The fourth-order valence-electron chi connectivity index (χ4n) is 1.42. The molecule has 0 saturated heterocycles. The van der Waals surface area contributed by atoms with Gasteiger partial charge in [0.05, 0.1) is 24.2 Å². The summed E-state index contributed by atoms with van der Waals surface area (Å²) in [6, 6.07) is 5.02. The molecular formula is C12H17BrN2O3. The number of amides is 2. The zero-order valence-electron chi connectivity index (χ0n) is 10.6. The van der Waals surface area contributed by atoms with E-state index in [1.54, 1.807) is 26.4 Å². The minimum Gasteiger partial charge on any atom is -0.495 e. The molecule has 0 aliphatic rings. The van der Waals surface area contributed by atoms with Gasteiger partial charge in [0.15, 0.2) is 0 Å². The molecule has 2 amide bonds. The second-order valence-electron chi connectivity index (χ2n) is 3.80. The lowest BCUT2D eigenvalue weighted by Gasteiger charge is -2.14. The van der Waals surface area contributed by atoms with E-state index in [9.17, 15) is 4.79 Å². The number of benzene rings is 1. The number of carbonyl (C=O) groups is 1. The van der Waals surface area contributed by atoms with Crippen LogP contribution in [-0.2, 0) is 4.74 Å². The second kappa shape index (κ2) is 7.23. The summed E-state index contributed by atoms with van der Waals surface area (Å²) in [4.78, 5) is 11.7. The summed E-state index contributed by atoms with van der Waals surface area (Å²) in [5, 5.41) is 5.48. The van der Waals surface area contributed by atoms with Crippen molar-refractivity contribution in [2.75, 3.05) is 26.1 Å². The maximum absolute atomic E-state index is 11.7. The van der Waals surface area contributed by atoms with Gasteiger partial charge in [-0.15, -0.1) is 0 Å². The third-order valence-electron chi connectivity index (χ3n) is 2.20. The molecular weight excluding hydrogens is 300 g/mol. The molecule has 18 heavy (non-hydrogen) atoms. The highest BCUT2D eigenvalue weighted by Gasteiger charge is 2.08. The van der Waals surface area contributed by atoms with Gasteiger partial charge in [-0.1, -0.05) is 0 Å². The van der Waals surface area contributed by atoms with Crippen LogP contribution >= 0.6 is 15.9 Å². The fourth-order valence-corrected chi connectivity index (χ4v) is 1.83. The Morgan fingerprint density at radius 2 is 2.17 bits per heavy atom. The fraction of sp³-hybridized carbons (Fsp3) is 0.417. The Kier molecular flexibility index (Phi) is 5.94. The number of carbonyl (C=O) groups excluding carboxylic acids is 1. The molecule has 0 fully saturated rings. The molecule has 6 heteroatoms. The number of urea groups is 1. The van der Waals surface area contributed by atoms with Gasteiger partial charge in [0.1, 0.15) is 5.75 Å². The van der Waals surface area contributed by atoms with Gasteiger partial charge in [0.25, 0.3) is 0 Å². The number of anilines is 1. The van der Waals surface area contributed by atoms with Crippen LogP contribution in [0, 0.1) is 0 Å². The zero-order valence-corrected chi connectivity index (χ0v) is 12.2. The molecule has 0 radical (unpaired) electrons. The molecule has 0 aromatic heterocycles. The molecule has 0 bridgehead atoms. The number of nitrogens with one attached hydrogen (secondary N) is 2. The van der Waals surface area contributed by atoms with Crippen LogP contribution in [0.4, 0.5) is 10.5 Å². The molecule has 0 aliphatic heterocycles. The lowest BCUT2D eigenvalue weighted by Crippen LogP contribution is -2.38. The minimum absolute atomic E-state index is 0.0488. The summed E-state index contributed by atoms with van der Waals surface area (Å²) in [6.45, 7) is 2.34. The van der Waals surface area contributed by atoms with Gasteiger partial charge in [-0.2, -0.15) is 0 Å². The van der Waals surface area contributed by atoms with Crippen molar-refractivity contribution in [2.24, 2.45) is 0 Å². The summed E-state index contributed by atoms with van der Waals surface area (Å²) in [6.07, 6.45) is 0. The molecule has 0 heterocycles. The van der Waals surface area contributed by atoms with Crippen molar-refractivity contribution in [1.82, 2.24) is 5.32 Å². The van der Waals surface area contributed by atoms with Crippen molar-refractivity contribution in [3.63, 3.8) is 0 Å². The van der Waals surface area contributed by atoms with Gasteiger partial charge in [-0.05, 0) is 35.0 Å². The Bertz CT molecular complexity index is 412. The number of ether oxygens (including phenoxy) is 2. The third kappa shape index (κ3) is 4.54. The van der Waals surface area contributed by atoms with E-state index in [1.807, 2.05) is 13.0 Å². The monoisotopic (exact) mass is 316 g/mol. The molecule has 1 atom stereocenters. The number of methoxy groups -OCH3 is 2. The van der Waals surface area contributed by atoms with Crippen molar-refractivity contribution < 1.29 is 14.3 Å². The SMILES string of the molecule is COCC(C)NC(=O)Nc1ccc(Br)c(OC)c1. The molecule has 1 aromatic rings. The Labute approximate surface area is 115 Å². The average Bonchev–Trinajstić information content (AvgIpc) is 2.31. The van der Waals surface area contributed by atoms with Gasteiger partial charge in [-0.3, -0.25) is 0 Å².